The quantitative estimate of drug-likeness (QED) is 0.533. The summed E-state index contributed by atoms with van der Waals surface area (Å²) in [6.45, 7) is 3.80. The van der Waals surface area contributed by atoms with Crippen LogP contribution in [-0.2, 0) is 0 Å². The molecule has 96 valence electrons. The van der Waals surface area contributed by atoms with Crippen LogP contribution in [0, 0.1) is 0 Å². The molecule has 0 aromatic carbocycles. The highest BCUT2D eigenvalue weighted by molar-refractivity contribution is 7.98. The molecule has 17 heavy (non-hydrogen) atoms. The molecule has 2 unspecified atom stereocenters. The normalized spacial score (nSPS) is 14.2. The molecule has 0 spiro atoms. The second-order valence-electron chi connectivity index (χ2n) is 4.01. The SMILES string of the molecule is CNc1cc(NC(C)CC(C)O)nc(SC)n1. The summed E-state index contributed by atoms with van der Waals surface area (Å²) >= 11 is 1.50. The van der Waals surface area contributed by atoms with Crippen molar-refractivity contribution >= 4 is 23.4 Å². The minimum absolute atomic E-state index is 0.171. The zero-order valence-electron chi connectivity index (χ0n) is 10.7. The Labute approximate surface area is 106 Å². The Balaban J connectivity index is 2.75. The van der Waals surface area contributed by atoms with E-state index in [-0.39, 0.29) is 12.1 Å². The zero-order valence-corrected chi connectivity index (χ0v) is 11.5. The second-order valence-corrected chi connectivity index (χ2v) is 4.78. The van der Waals surface area contributed by atoms with Crippen LogP contribution >= 0.6 is 11.8 Å². The average Bonchev–Trinajstić information content (AvgIpc) is 2.27. The van der Waals surface area contributed by atoms with Crippen LogP contribution in [0.4, 0.5) is 11.6 Å². The minimum atomic E-state index is -0.317. The van der Waals surface area contributed by atoms with E-state index in [1.807, 2.05) is 26.3 Å². The van der Waals surface area contributed by atoms with Crippen molar-refractivity contribution in [3.05, 3.63) is 6.07 Å². The van der Waals surface area contributed by atoms with Crippen molar-refractivity contribution in [1.29, 1.82) is 0 Å². The molecule has 0 aliphatic rings. The third kappa shape index (κ3) is 4.79. The van der Waals surface area contributed by atoms with Crippen molar-refractivity contribution in [2.45, 2.75) is 37.6 Å². The van der Waals surface area contributed by atoms with Crippen LogP contribution in [0.3, 0.4) is 0 Å². The van der Waals surface area contributed by atoms with E-state index in [1.165, 1.54) is 11.8 Å². The fourth-order valence-corrected chi connectivity index (χ4v) is 1.92. The summed E-state index contributed by atoms with van der Waals surface area (Å²) in [6.07, 6.45) is 2.31. The summed E-state index contributed by atoms with van der Waals surface area (Å²) in [7, 11) is 1.83. The lowest BCUT2D eigenvalue weighted by atomic mass is 10.1. The first-order valence-electron chi connectivity index (χ1n) is 5.60. The maximum Gasteiger partial charge on any atom is 0.191 e. The molecule has 0 bridgehead atoms. The van der Waals surface area contributed by atoms with Gasteiger partial charge in [-0.15, -0.1) is 0 Å². The molecule has 0 aliphatic heterocycles. The van der Waals surface area contributed by atoms with Crippen LogP contribution in [0.15, 0.2) is 11.2 Å². The third-order valence-electron chi connectivity index (χ3n) is 2.23. The van der Waals surface area contributed by atoms with Crippen molar-refractivity contribution in [2.75, 3.05) is 23.9 Å². The van der Waals surface area contributed by atoms with E-state index in [0.29, 0.717) is 6.42 Å². The van der Waals surface area contributed by atoms with Crippen molar-refractivity contribution in [3.8, 4) is 0 Å². The van der Waals surface area contributed by atoms with Crippen molar-refractivity contribution < 1.29 is 5.11 Å². The topological polar surface area (TPSA) is 70.1 Å². The summed E-state index contributed by atoms with van der Waals surface area (Å²) in [4.78, 5) is 8.66. The van der Waals surface area contributed by atoms with Gasteiger partial charge in [-0.2, -0.15) is 0 Å². The molecule has 0 fully saturated rings. The number of aliphatic hydroxyl groups is 1. The Hall–Kier alpha value is -1.01. The van der Waals surface area contributed by atoms with E-state index in [4.69, 9.17) is 0 Å². The molecule has 5 nitrogen and oxygen atoms in total. The van der Waals surface area contributed by atoms with Gasteiger partial charge in [-0.3, -0.25) is 0 Å². The van der Waals surface area contributed by atoms with E-state index in [0.717, 1.165) is 16.8 Å². The maximum absolute atomic E-state index is 9.31. The summed E-state index contributed by atoms with van der Waals surface area (Å²) in [5, 5.41) is 16.3. The lowest BCUT2D eigenvalue weighted by Gasteiger charge is -2.16. The number of nitrogens with zero attached hydrogens (tertiary/aromatic N) is 2. The van der Waals surface area contributed by atoms with Gasteiger partial charge in [0.1, 0.15) is 11.6 Å². The van der Waals surface area contributed by atoms with E-state index < -0.39 is 0 Å². The molecule has 6 heteroatoms. The highest BCUT2D eigenvalue weighted by Gasteiger charge is 2.08. The Kier molecular flexibility index (Phi) is 5.50. The number of rotatable bonds is 6. The van der Waals surface area contributed by atoms with Gasteiger partial charge in [-0.1, -0.05) is 11.8 Å². The standard InChI is InChI=1S/C11H20N4OS/c1-7(5-8(2)16)13-10-6-9(12-3)14-11(15-10)17-4/h6-8,16H,5H2,1-4H3,(H2,12,13,14,15). The zero-order chi connectivity index (χ0) is 12.8. The Morgan fingerprint density at radius 2 is 2.00 bits per heavy atom. The third-order valence-corrected chi connectivity index (χ3v) is 2.78. The summed E-state index contributed by atoms with van der Waals surface area (Å²) in [5.74, 6) is 1.57. The van der Waals surface area contributed by atoms with Gasteiger partial charge in [0.05, 0.1) is 6.10 Å². The number of aliphatic hydroxyl groups excluding tert-OH is 1. The molecule has 1 aromatic heterocycles. The molecule has 1 heterocycles. The van der Waals surface area contributed by atoms with E-state index in [9.17, 15) is 5.11 Å². The van der Waals surface area contributed by atoms with Crippen molar-refractivity contribution in [3.63, 3.8) is 0 Å². The predicted octanol–water partition coefficient (Wildman–Crippen LogP) is 1.81. The van der Waals surface area contributed by atoms with Gasteiger partial charge < -0.3 is 15.7 Å². The highest BCUT2D eigenvalue weighted by atomic mass is 32.2. The lowest BCUT2D eigenvalue weighted by molar-refractivity contribution is 0.179. The molecule has 2 atom stereocenters. The number of thioether (sulfide) groups is 1. The van der Waals surface area contributed by atoms with E-state index in [2.05, 4.69) is 20.6 Å². The highest BCUT2D eigenvalue weighted by Crippen LogP contribution is 2.18. The number of hydrogen-bond acceptors (Lipinski definition) is 6. The number of hydrogen-bond donors (Lipinski definition) is 3. The van der Waals surface area contributed by atoms with Crippen molar-refractivity contribution in [2.24, 2.45) is 0 Å². The van der Waals surface area contributed by atoms with Crippen LogP contribution in [0.2, 0.25) is 0 Å². The fourth-order valence-electron chi connectivity index (χ4n) is 1.54. The molecular formula is C11H20N4OS. The van der Waals surface area contributed by atoms with Gasteiger partial charge in [0.25, 0.3) is 0 Å². The summed E-state index contributed by atoms with van der Waals surface area (Å²) in [5.41, 5.74) is 0. The first kappa shape index (κ1) is 14.1. The lowest BCUT2D eigenvalue weighted by Crippen LogP contribution is -2.21. The summed E-state index contributed by atoms with van der Waals surface area (Å²) < 4.78 is 0. The van der Waals surface area contributed by atoms with Crippen LogP contribution in [0.1, 0.15) is 20.3 Å². The van der Waals surface area contributed by atoms with E-state index in [1.54, 1.807) is 6.92 Å². The molecule has 0 radical (unpaired) electrons. The van der Waals surface area contributed by atoms with Gasteiger partial charge >= 0.3 is 0 Å². The monoisotopic (exact) mass is 256 g/mol. The number of nitrogens with one attached hydrogen (secondary N) is 2. The first-order valence-corrected chi connectivity index (χ1v) is 6.83. The van der Waals surface area contributed by atoms with Gasteiger partial charge in [0.2, 0.25) is 0 Å². The largest absolute Gasteiger partial charge is 0.393 e. The molecule has 0 saturated carbocycles. The summed E-state index contributed by atoms with van der Waals surface area (Å²) in [6, 6.07) is 2.03. The molecule has 1 aromatic rings. The van der Waals surface area contributed by atoms with Crippen LogP contribution in [0.5, 0.6) is 0 Å². The van der Waals surface area contributed by atoms with Crippen LogP contribution in [0.25, 0.3) is 0 Å². The van der Waals surface area contributed by atoms with Crippen LogP contribution in [-0.4, -0.2) is 40.5 Å². The fraction of sp³-hybridized carbons (Fsp3) is 0.636. The minimum Gasteiger partial charge on any atom is -0.393 e. The molecular weight excluding hydrogens is 236 g/mol. The van der Waals surface area contributed by atoms with Gasteiger partial charge in [0.15, 0.2) is 5.16 Å². The molecule has 0 amide bonds. The van der Waals surface area contributed by atoms with Gasteiger partial charge in [-0.25, -0.2) is 9.97 Å². The molecule has 1 rings (SSSR count). The Morgan fingerprint density at radius 1 is 1.35 bits per heavy atom. The molecule has 0 saturated heterocycles. The maximum atomic E-state index is 9.31. The average molecular weight is 256 g/mol. The smallest absolute Gasteiger partial charge is 0.191 e. The second kappa shape index (κ2) is 6.66. The first-order chi connectivity index (χ1) is 8.05. The van der Waals surface area contributed by atoms with Crippen molar-refractivity contribution in [1.82, 2.24) is 9.97 Å². The predicted molar refractivity (Wildman–Crippen MR) is 72.7 cm³/mol. The Bertz CT molecular complexity index is 337. The Morgan fingerprint density at radius 3 is 2.53 bits per heavy atom. The van der Waals surface area contributed by atoms with E-state index >= 15 is 0 Å². The van der Waals surface area contributed by atoms with Crippen LogP contribution < -0.4 is 10.6 Å². The molecule has 0 aliphatic carbocycles. The number of anilines is 2. The van der Waals surface area contributed by atoms with Gasteiger partial charge in [0, 0.05) is 19.2 Å². The van der Waals surface area contributed by atoms with Gasteiger partial charge in [-0.05, 0) is 26.5 Å². The molecule has 3 N–H and O–H groups in total. The number of aromatic nitrogens is 2.